The first-order valence-electron chi connectivity index (χ1n) is 13.7. The van der Waals surface area contributed by atoms with Gasteiger partial charge in [-0.05, 0) is 76.3 Å². The van der Waals surface area contributed by atoms with Gasteiger partial charge in [0.25, 0.3) is 0 Å². The van der Waals surface area contributed by atoms with Gasteiger partial charge in [0.15, 0.2) is 0 Å². The maximum atomic E-state index is 13.4. The van der Waals surface area contributed by atoms with E-state index < -0.39 is 47.2 Å². The lowest BCUT2D eigenvalue weighted by Gasteiger charge is -2.31. The number of aliphatic carboxylic acids is 1. The molecule has 1 fully saturated rings. The van der Waals surface area contributed by atoms with Crippen LogP contribution in [0.25, 0.3) is 0 Å². The molecule has 0 saturated heterocycles. The molecule has 0 aromatic heterocycles. The highest BCUT2D eigenvalue weighted by Crippen LogP contribution is 2.43. The van der Waals surface area contributed by atoms with Crippen molar-refractivity contribution in [2.45, 2.75) is 77.3 Å². The van der Waals surface area contributed by atoms with Crippen molar-refractivity contribution in [1.82, 2.24) is 16.0 Å². The van der Waals surface area contributed by atoms with Crippen LogP contribution in [0, 0.1) is 11.3 Å². The summed E-state index contributed by atoms with van der Waals surface area (Å²) in [7, 11) is 1.52. The molecule has 1 aromatic carbocycles. The minimum Gasteiger partial charge on any atom is -0.497 e. The highest BCUT2D eigenvalue weighted by atomic mass is 16.5. The van der Waals surface area contributed by atoms with E-state index in [2.05, 4.69) is 16.0 Å². The Morgan fingerprint density at radius 3 is 2.20 bits per heavy atom. The van der Waals surface area contributed by atoms with Crippen molar-refractivity contribution in [2.24, 2.45) is 17.1 Å². The average Bonchev–Trinajstić information content (AvgIpc) is 3.40. The number of nitrogens with one attached hydrogen (secondary N) is 3. The summed E-state index contributed by atoms with van der Waals surface area (Å²) in [6.07, 6.45) is 4.08. The van der Waals surface area contributed by atoms with Crippen molar-refractivity contribution in [3.8, 4) is 11.5 Å². The van der Waals surface area contributed by atoms with E-state index in [1.165, 1.54) is 21.0 Å². The Morgan fingerprint density at radius 2 is 1.65 bits per heavy atom. The number of carbonyl (C=O) groups excluding carboxylic acids is 4. The summed E-state index contributed by atoms with van der Waals surface area (Å²) < 4.78 is 10.4. The predicted octanol–water partition coefficient (Wildman–Crippen LogP) is 1.51. The Labute approximate surface area is 234 Å². The molecule has 6 N–H and O–H groups in total. The predicted molar refractivity (Wildman–Crippen MR) is 146 cm³/mol. The summed E-state index contributed by atoms with van der Waals surface area (Å²) in [6, 6.07) is 4.65. The largest absolute Gasteiger partial charge is 0.497 e. The van der Waals surface area contributed by atoms with Crippen LogP contribution >= 0.6 is 0 Å². The number of nitrogens with two attached hydrogens (primary N) is 1. The van der Waals surface area contributed by atoms with Crippen LogP contribution in [0.4, 0.5) is 0 Å². The number of benzene rings is 1. The number of carboxylic acid groups (broad SMARTS) is 1. The SMILES string of the molecule is COc1ccc(OC(=O)[C@H](C)NC(=O)C2(C[C@@H](CNC(=O)[C@H](CCCCN)NC(C)=O)C(=O)O)CCCC2)cc1. The normalized spacial score (nSPS) is 16.2. The maximum Gasteiger partial charge on any atom is 0.333 e. The fourth-order valence-electron chi connectivity index (χ4n) is 4.91. The van der Waals surface area contributed by atoms with Crippen LogP contribution in [-0.4, -0.2) is 67.0 Å². The average molecular weight is 563 g/mol. The Kier molecular flexibility index (Phi) is 12.9. The lowest BCUT2D eigenvalue weighted by atomic mass is 9.76. The standard InChI is InChI=1S/C28H42N4O8/c1-18(26(37)40-22-11-9-21(39-3)10-12-22)31-27(38)28(13-5-6-14-28)16-20(25(35)36)17-30-24(34)23(32-19(2)33)8-4-7-15-29/h9-12,18,20,23H,4-8,13-17,29H2,1-3H3,(H,30,34)(H,31,38)(H,32,33)(H,35,36)/t18-,20-,23-/m0/s1. The molecular formula is C28H42N4O8. The summed E-state index contributed by atoms with van der Waals surface area (Å²) in [5.74, 6) is -3.23. The third-order valence-corrected chi connectivity index (χ3v) is 7.17. The first-order valence-corrected chi connectivity index (χ1v) is 13.7. The second-order valence-corrected chi connectivity index (χ2v) is 10.3. The highest BCUT2D eigenvalue weighted by Gasteiger charge is 2.45. The number of hydrogen-bond donors (Lipinski definition) is 5. The highest BCUT2D eigenvalue weighted by molar-refractivity contribution is 5.89. The third kappa shape index (κ3) is 9.82. The number of ether oxygens (including phenoxy) is 2. The number of rotatable bonds is 16. The molecule has 3 amide bonds. The molecule has 222 valence electrons. The molecule has 12 nitrogen and oxygen atoms in total. The van der Waals surface area contributed by atoms with Gasteiger partial charge < -0.3 is 36.3 Å². The molecule has 0 aliphatic heterocycles. The van der Waals surface area contributed by atoms with Gasteiger partial charge in [-0.15, -0.1) is 0 Å². The Bertz CT molecular complexity index is 1020. The number of unbranched alkanes of at least 4 members (excludes halogenated alkanes) is 1. The number of carboxylic acids is 1. The van der Waals surface area contributed by atoms with Crippen LogP contribution in [0.5, 0.6) is 11.5 Å². The van der Waals surface area contributed by atoms with Crippen molar-refractivity contribution in [2.75, 3.05) is 20.2 Å². The summed E-state index contributed by atoms with van der Waals surface area (Å²) in [5.41, 5.74) is 4.51. The van der Waals surface area contributed by atoms with Crippen molar-refractivity contribution in [3.05, 3.63) is 24.3 Å². The Morgan fingerprint density at radius 1 is 1.02 bits per heavy atom. The molecule has 2 rings (SSSR count). The van der Waals surface area contributed by atoms with E-state index in [1.807, 2.05) is 0 Å². The van der Waals surface area contributed by atoms with Crippen LogP contribution < -0.4 is 31.2 Å². The van der Waals surface area contributed by atoms with Gasteiger partial charge in [-0.1, -0.05) is 12.8 Å². The molecule has 1 aliphatic rings. The van der Waals surface area contributed by atoms with Crippen LogP contribution in [-0.2, 0) is 24.0 Å². The van der Waals surface area contributed by atoms with Crippen molar-refractivity contribution in [3.63, 3.8) is 0 Å². The summed E-state index contributed by atoms with van der Waals surface area (Å²) in [5, 5.41) is 17.9. The molecule has 0 unspecified atom stereocenters. The van der Waals surface area contributed by atoms with Crippen molar-refractivity contribution < 1.29 is 38.6 Å². The number of esters is 1. The lowest BCUT2D eigenvalue weighted by molar-refractivity contribution is -0.146. The van der Waals surface area contributed by atoms with Crippen molar-refractivity contribution in [1.29, 1.82) is 0 Å². The van der Waals surface area contributed by atoms with Crippen molar-refractivity contribution >= 4 is 29.7 Å². The molecule has 40 heavy (non-hydrogen) atoms. The molecular weight excluding hydrogens is 520 g/mol. The van der Waals surface area contributed by atoms with Gasteiger partial charge in [0, 0.05) is 13.5 Å². The molecule has 1 saturated carbocycles. The maximum absolute atomic E-state index is 13.4. The van der Waals surface area contributed by atoms with Gasteiger partial charge in [-0.25, -0.2) is 4.79 Å². The van der Waals surface area contributed by atoms with Crippen LogP contribution in [0.2, 0.25) is 0 Å². The van der Waals surface area contributed by atoms with Gasteiger partial charge in [-0.2, -0.15) is 0 Å². The minimum atomic E-state index is -1.15. The summed E-state index contributed by atoms with van der Waals surface area (Å²) in [6.45, 7) is 3.07. The summed E-state index contributed by atoms with van der Waals surface area (Å²) >= 11 is 0. The number of methoxy groups -OCH3 is 1. The zero-order valence-corrected chi connectivity index (χ0v) is 23.5. The molecule has 3 atom stereocenters. The van der Waals surface area contributed by atoms with Crippen LogP contribution in [0.15, 0.2) is 24.3 Å². The van der Waals surface area contributed by atoms with Crippen LogP contribution in [0.1, 0.15) is 65.2 Å². The van der Waals surface area contributed by atoms with E-state index in [0.717, 1.165) is 12.8 Å². The Balaban J connectivity index is 2.03. The van der Waals surface area contributed by atoms with Gasteiger partial charge in [0.2, 0.25) is 17.7 Å². The fraction of sp³-hybridized carbons (Fsp3) is 0.607. The van der Waals surface area contributed by atoms with Gasteiger partial charge in [-0.3, -0.25) is 19.2 Å². The third-order valence-electron chi connectivity index (χ3n) is 7.17. The van der Waals surface area contributed by atoms with E-state index in [0.29, 0.717) is 50.1 Å². The zero-order chi connectivity index (χ0) is 29.7. The fourth-order valence-corrected chi connectivity index (χ4v) is 4.91. The summed E-state index contributed by atoms with van der Waals surface area (Å²) in [4.78, 5) is 62.5. The Hall–Kier alpha value is -3.67. The van der Waals surface area contributed by atoms with E-state index in [9.17, 15) is 29.1 Å². The second kappa shape index (κ2) is 15.8. The first-order chi connectivity index (χ1) is 19.0. The zero-order valence-electron chi connectivity index (χ0n) is 23.5. The quantitative estimate of drug-likeness (QED) is 0.113. The number of carbonyl (C=O) groups is 5. The molecule has 0 bridgehead atoms. The molecule has 12 heteroatoms. The van der Waals surface area contributed by atoms with Gasteiger partial charge in [0.05, 0.1) is 18.4 Å². The molecule has 1 aliphatic carbocycles. The minimum absolute atomic E-state index is 0.00727. The molecule has 0 radical (unpaired) electrons. The van der Waals surface area contributed by atoms with E-state index in [1.54, 1.807) is 24.3 Å². The molecule has 0 heterocycles. The lowest BCUT2D eigenvalue weighted by Crippen LogP contribution is -2.50. The van der Waals surface area contributed by atoms with E-state index >= 15 is 0 Å². The monoisotopic (exact) mass is 562 g/mol. The second-order valence-electron chi connectivity index (χ2n) is 10.3. The number of hydrogen-bond acceptors (Lipinski definition) is 8. The smallest absolute Gasteiger partial charge is 0.333 e. The van der Waals surface area contributed by atoms with E-state index in [4.69, 9.17) is 15.2 Å². The van der Waals surface area contributed by atoms with Gasteiger partial charge in [0.1, 0.15) is 23.6 Å². The molecule has 0 spiro atoms. The van der Waals surface area contributed by atoms with E-state index in [-0.39, 0.29) is 18.9 Å². The number of amides is 3. The van der Waals surface area contributed by atoms with Crippen LogP contribution in [0.3, 0.4) is 0 Å². The first kappa shape index (κ1) is 32.5. The molecule has 1 aromatic rings. The topological polar surface area (TPSA) is 186 Å². The van der Waals surface area contributed by atoms with Gasteiger partial charge >= 0.3 is 11.9 Å².